The maximum atomic E-state index is 11.3. The highest BCUT2D eigenvalue weighted by atomic mass is 16.4. The van der Waals surface area contributed by atoms with Crippen molar-refractivity contribution in [3.8, 4) is 16.9 Å². The summed E-state index contributed by atoms with van der Waals surface area (Å²) in [7, 11) is 0. The molecule has 98 valence electrons. The number of carboxylic acid groups (broad SMARTS) is 1. The van der Waals surface area contributed by atoms with Crippen molar-refractivity contribution in [2.45, 2.75) is 0 Å². The van der Waals surface area contributed by atoms with Crippen LogP contribution < -0.4 is 0 Å². The standard InChI is InChI=1S/C15H11N3O2/c19-15(20)13-14(11-7-3-1-4-8-11)18(17-16-13)12-9-5-2-6-10-12/h1-10H,(H,19,20). The van der Waals surface area contributed by atoms with Gasteiger partial charge in [0.25, 0.3) is 0 Å². The van der Waals surface area contributed by atoms with Crippen molar-refractivity contribution < 1.29 is 9.90 Å². The summed E-state index contributed by atoms with van der Waals surface area (Å²) in [6.45, 7) is 0. The first-order valence-corrected chi connectivity index (χ1v) is 6.07. The second-order valence-corrected chi connectivity index (χ2v) is 4.21. The molecular formula is C15H11N3O2. The Morgan fingerprint density at radius 3 is 2.15 bits per heavy atom. The smallest absolute Gasteiger partial charge is 0.358 e. The Balaban J connectivity index is 2.25. The lowest BCUT2D eigenvalue weighted by Crippen LogP contribution is -2.03. The molecular weight excluding hydrogens is 254 g/mol. The third kappa shape index (κ3) is 2.05. The SMILES string of the molecule is O=C(O)c1nnn(-c2ccccc2)c1-c1ccccc1. The molecule has 0 aliphatic heterocycles. The number of benzene rings is 2. The topological polar surface area (TPSA) is 68.0 Å². The minimum Gasteiger partial charge on any atom is -0.476 e. The van der Waals surface area contributed by atoms with Crippen LogP contribution in [-0.2, 0) is 0 Å². The largest absolute Gasteiger partial charge is 0.476 e. The molecule has 0 bridgehead atoms. The van der Waals surface area contributed by atoms with E-state index in [-0.39, 0.29) is 5.69 Å². The van der Waals surface area contributed by atoms with E-state index in [1.165, 1.54) is 0 Å². The average Bonchev–Trinajstić information content (AvgIpc) is 2.94. The highest BCUT2D eigenvalue weighted by Crippen LogP contribution is 2.24. The van der Waals surface area contributed by atoms with Crippen molar-refractivity contribution in [1.82, 2.24) is 15.0 Å². The van der Waals surface area contributed by atoms with E-state index >= 15 is 0 Å². The molecule has 1 heterocycles. The summed E-state index contributed by atoms with van der Waals surface area (Å²) in [6.07, 6.45) is 0. The molecule has 0 saturated heterocycles. The summed E-state index contributed by atoms with van der Waals surface area (Å²) < 4.78 is 1.54. The Bertz CT molecular complexity index is 736. The van der Waals surface area contributed by atoms with Gasteiger partial charge >= 0.3 is 5.97 Å². The number of carboxylic acids is 1. The van der Waals surface area contributed by atoms with Crippen molar-refractivity contribution in [3.63, 3.8) is 0 Å². The molecule has 0 aliphatic carbocycles. The van der Waals surface area contributed by atoms with Crippen molar-refractivity contribution in [2.24, 2.45) is 0 Å². The molecule has 3 rings (SSSR count). The van der Waals surface area contributed by atoms with Crippen LogP contribution >= 0.6 is 0 Å². The third-order valence-electron chi connectivity index (χ3n) is 2.92. The summed E-state index contributed by atoms with van der Waals surface area (Å²) in [5, 5.41) is 17.0. The molecule has 0 aliphatic rings. The quantitative estimate of drug-likeness (QED) is 0.790. The van der Waals surface area contributed by atoms with Crippen LogP contribution in [0.15, 0.2) is 60.7 Å². The van der Waals surface area contributed by atoms with E-state index in [9.17, 15) is 9.90 Å². The monoisotopic (exact) mass is 265 g/mol. The first kappa shape index (κ1) is 12.1. The van der Waals surface area contributed by atoms with Crippen molar-refractivity contribution >= 4 is 5.97 Å². The number of carbonyl (C=O) groups is 1. The molecule has 2 aromatic carbocycles. The number of aromatic nitrogens is 3. The van der Waals surface area contributed by atoms with Gasteiger partial charge in [-0.05, 0) is 12.1 Å². The predicted molar refractivity (Wildman–Crippen MR) is 73.8 cm³/mol. The van der Waals surface area contributed by atoms with E-state index in [4.69, 9.17) is 0 Å². The van der Waals surface area contributed by atoms with E-state index in [0.29, 0.717) is 5.69 Å². The molecule has 1 aromatic heterocycles. The van der Waals surface area contributed by atoms with Gasteiger partial charge in [0.05, 0.1) is 5.69 Å². The zero-order valence-electron chi connectivity index (χ0n) is 10.5. The van der Waals surface area contributed by atoms with Crippen molar-refractivity contribution in [1.29, 1.82) is 0 Å². The molecule has 20 heavy (non-hydrogen) atoms. The summed E-state index contributed by atoms with van der Waals surface area (Å²) in [4.78, 5) is 11.3. The predicted octanol–water partition coefficient (Wildman–Crippen LogP) is 2.63. The normalized spacial score (nSPS) is 10.4. The van der Waals surface area contributed by atoms with Gasteiger partial charge in [-0.3, -0.25) is 0 Å². The van der Waals surface area contributed by atoms with Crippen LogP contribution in [0.2, 0.25) is 0 Å². The molecule has 3 aromatic rings. The van der Waals surface area contributed by atoms with Gasteiger partial charge in [-0.2, -0.15) is 0 Å². The molecule has 0 saturated carbocycles. The number of hydrogen-bond donors (Lipinski definition) is 1. The first-order chi connectivity index (χ1) is 9.77. The Kier molecular flexibility index (Phi) is 3.01. The highest BCUT2D eigenvalue weighted by Gasteiger charge is 2.21. The third-order valence-corrected chi connectivity index (χ3v) is 2.92. The van der Waals surface area contributed by atoms with Gasteiger partial charge < -0.3 is 5.11 Å². The summed E-state index contributed by atoms with van der Waals surface area (Å²) in [5.41, 5.74) is 1.95. The molecule has 0 unspecified atom stereocenters. The van der Waals surface area contributed by atoms with Crippen LogP contribution in [-0.4, -0.2) is 26.1 Å². The molecule has 0 atom stereocenters. The first-order valence-electron chi connectivity index (χ1n) is 6.07. The minimum atomic E-state index is -1.09. The van der Waals surface area contributed by atoms with Crippen LogP contribution in [0.5, 0.6) is 0 Å². The fraction of sp³-hybridized carbons (Fsp3) is 0. The Labute approximate surface area is 115 Å². The van der Waals surface area contributed by atoms with E-state index in [1.807, 2.05) is 60.7 Å². The Morgan fingerprint density at radius 2 is 1.55 bits per heavy atom. The molecule has 0 amide bonds. The summed E-state index contributed by atoms with van der Waals surface area (Å²) in [5.74, 6) is -1.09. The van der Waals surface area contributed by atoms with Crippen LogP contribution in [0.1, 0.15) is 10.5 Å². The average molecular weight is 265 g/mol. The minimum absolute atomic E-state index is 0.0555. The van der Waals surface area contributed by atoms with E-state index < -0.39 is 5.97 Å². The fourth-order valence-corrected chi connectivity index (χ4v) is 2.03. The van der Waals surface area contributed by atoms with Crippen LogP contribution in [0.3, 0.4) is 0 Å². The van der Waals surface area contributed by atoms with Crippen LogP contribution in [0.4, 0.5) is 0 Å². The maximum absolute atomic E-state index is 11.3. The second kappa shape index (κ2) is 4.97. The van der Waals surface area contributed by atoms with Crippen LogP contribution in [0.25, 0.3) is 16.9 Å². The molecule has 5 nitrogen and oxygen atoms in total. The van der Waals surface area contributed by atoms with Crippen molar-refractivity contribution in [3.05, 3.63) is 66.4 Å². The molecule has 1 N–H and O–H groups in total. The van der Waals surface area contributed by atoms with Gasteiger partial charge in [0.1, 0.15) is 5.69 Å². The van der Waals surface area contributed by atoms with E-state index in [2.05, 4.69) is 10.3 Å². The molecule has 0 fully saturated rings. The highest BCUT2D eigenvalue weighted by molar-refractivity contribution is 5.93. The van der Waals surface area contributed by atoms with Gasteiger partial charge in [-0.15, -0.1) is 5.10 Å². The van der Waals surface area contributed by atoms with Crippen LogP contribution in [0, 0.1) is 0 Å². The zero-order chi connectivity index (χ0) is 13.9. The van der Waals surface area contributed by atoms with E-state index in [1.54, 1.807) is 4.68 Å². The van der Waals surface area contributed by atoms with Gasteiger partial charge in [-0.25, -0.2) is 9.48 Å². The number of nitrogens with zero attached hydrogens (tertiary/aromatic N) is 3. The number of hydrogen-bond acceptors (Lipinski definition) is 3. The fourth-order valence-electron chi connectivity index (χ4n) is 2.03. The lowest BCUT2D eigenvalue weighted by Gasteiger charge is -2.06. The number of para-hydroxylation sites is 1. The van der Waals surface area contributed by atoms with Gasteiger partial charge in [0.2, 0.25) is 0 Å². The number of rotatable bonds is 3. The Hall–Kier alpha value is -2.95. The molecule has 0 radical (unpaired) electrons. The van der Waals surface area contributed by atoms with Gasteiger partial charge in [0.15, 0.2) is 5.69 Å². The van der Waals surface area contributed by atoms with Gasteiger partial charge in [0, 0.05) is 5.56 Å². The summed E-state index contributed by atoms with van der Waals surface area (Å²) in [6, 6.07) is 18.6. The number of aromatic carboxylic acids is 1. The van der Waals surface area contributed by atoms with E-state index in [0.717, 1.165) is 11.3 Å². The maximum Gasteiger partial charge on any atom is 0.358 e. The lowest BCUT2D eigenvalue weighted by atomic mass is 10.1. The Morgan fingerprint density at radius 1 is 0.950 bits per heavy atom. The second-order valence-electron chi connectivity index (χ2n) is 4.21. The van der Waals surface area contributed by atoms with Gasteiger partial charge in [-0.1, -0.05) is 53.7 Å². The van der Waals surface area contributed by atoms with Crippen molar-refractivity contribution in [2.75, 3.05) is 0 Å². The molecule has 5 heteroatoms. The summed E-state index contributed by atoms with van der Waals surface area (Å²) >= 11 is 0. The molecule has 0 spiro atoms. The lowest BCUT2D eigenvalue weighted by molar-refractivity contribution is 0.0691. The zero-order valence-corrected chi connectivity index (χ0v) is 10.5.